The molecule has 2 aliphatic rings. The number of benzene rings is 1. The maximum absolute atomic E-state index is 12.9. The number of carbonyl (C=O) groups excluding carboxylic acids is 3. The normalized spacial score (nSPS) is 20.9. The van der Waals surface area contributed by atoms with Crippen LogP contribution in [0.3, 0.4) is 0 Å². The Kier molecular flexibility index (Phi) is 11.2. The third kappa shape index (κ3) is 9.53. The summed E-state index contributed by atoms with van der Waals surface area (Å²) in [7, 11) is 0. The lowest BCUT2D eigenvalue weighted by Crippen LogP contribution is -2.63. The van der Waals surface area contributed by atoms with Crippen molar-refractivity contribution in [1.29, 1.82) is 0 Å². The summed E-state index contributed by atoms with van der Waals surface area (Å²) in [5.41, 5.74) is 1.36. The molecule has 1 aromatic carbocycles. The number of hydrogen-bond donors (Lipinski definition) is 2. The van der Waals surface area contributed by atoms with Crippen molar-refractivity contribution in [3.05, 3.63) is 59.2 Å². The highest BCUT2D eigenvalue weighted by atomic mass is 19.4. The van der Waals surface area contributed by atoms with Gasteiger partial charge >= 0.3 is 12.1 Å². The fraction of sp³-hybridized carbons (Fsp3) is 0.552. The van der Waals surface area contributed by atoms with Gasteiger partial charge in [-0.15, -0.1) is 0 Å². The first-order valence-corrected chi connectivity index (χ1v) is 13.5. The number of allylic oxidation sites excluding steroid dienone is 3. The van der Waals surface area contributed by atoms with Crippen molar-refractivity contribution >= 4 is 17.8 Å². The van der Waals surface area contributed by atoms with Gasteiger partial charge in [0.1, 0.15) is 0 Å². The van der Waals surface area contributed by atoms with Crippen LogP contribution in [0.15, 0.2) is 48.1 Å². The summed E-state index contributed by atoms with van der Waals surface area (Å²) in [6.07, 6.45) is 2.60. The third-order valence-corrected chi connectivity index (χ3v) is 7.22. The zero-order valence-electron chi connectivity index (χ0n) is 22.6. The molecule has 0 spiro atoms. The zero-order chi connectivity index (χ0) is 28.4. The lowest BCUT2D eigenvalue weighted by atomic mass is 9.80. The summed E-state index contributed by atoms with van der Waals surface area (Å²) in [4.78, 5) is 38.1. The first-order valence-electron chi connectivity index (χ1n) is 13.5. The summed E-state index contributed by atoms with van der Waals surface area (Å²) >= 11 is 0. The van der Waals surface area contributed by atoms with Crippen LogP contribution in [0.25, 0.3) is 0 Å². The van der Waals surface area contributed by atoms with Crippen molar-refractivity contribution in [2.45, 2.75) is 76.6 Å². The molecule has 0 atom stereocenters. The SMILES string of the molecule is CC=CC(=CCC(=O)NCC(=O)NC1CN(C2CCC(c3ccc(CC(=O)OCC)cc3)CC2)C1)C(F)(F)F. The van der Waals surface area contributed by atoms with Gasteiger partial charge in [-0.2, -0.15) is 13.2 Å². The lowest BCUT2D eigenvalue weighted by Gasteiger charge is -2.46. The Bertz CT molecular complexity index is 1040. The number of alkyl halides is 3. The smallest absolute Gasteiger partial charge is 0.416 e. The molecule has 0 aromatic heterocycles. The van der Waals surface area contributed by atoms with E-state index in [0.29, 0.717) is 18.6 Å². The molecule has 2 N–H and O–H groups in total. The fourth-order valence-corrected chi connectivity index (χ4v) is 5.15. The maximum Gasteiger partial charge on any atom is 0.416 e. The topological polar surface area (TPSA) is 87.7 Å². The highest BCUT2D eigenvalue weighted by molar-refractivity contribution is 5.85. The molecule has 1 aromatic rings. The number of halogens is 3. The summed E-state index contributed by atoms with van der Waals surface area (Å²) in [5.74, 6) is -0.706. The van der Waals surface area contributed by atoms with E-state index in [-0.39, 0.29) is 30.9 Å². The van der Waals surface area contributed by atoms with Crippen LogP contribution in [-0.4, -0.2) is 67.2 Å². The van der Waals surface area contributed by atoms with Crippen LogP contribution in [0.5, 0.6) is 0 Å². The number of ether oxygens (including phenoxy) is 1. The van der Waals surface area contributed by atoms with Crippen molar-refractivity contribution in [1.82, 2.24) is 15.5 Å². The highest BCUT2D eigenvalue weighted by Gasteiger charge is 2.35. The number of likely N-dealkylation sites (tertiary alicyclic amines) is 1. The van der Waals surface area contributed by atoms with Gasteiger partial charge in [-0.25, -0.2) is 0 Å². The Labute approximate surface area is 227 Å². The van der Waals surface area contributed by atoms with Crippen LogP contribution >= 0.6 is 0 Å². The molecule has 10 heteroatoms. The second-order valence-electron chi connectivity index (χ2n) is 10.1. The molecule has 1 heterocycles. The number of nitrogens with zero attached hydrogens (tertiary/aromatic N) is 1. The van der Waals surface area contributed by atoms with Crippen LogP contribution in [0.1, 0.15) is 63.0 Å². The highest BCUT2D eigenvalue weighted by Crippen LogP contribution is 2.36. The summed E-state index contributed by atoms with van der Waals surface area (Å²) in [5, 5.41) is 5.25. The van der Waals surface area contributed by atoms with Crippen LogP contribution in [0, 0.1) is 0 Å². The molecule has 0 unspecified atom stereocenters. The van der Waals surface area contributed by atoms with Gasteiger partial charge in [0.05, 0.1) is 31.2 Å². The monoisotopic (exact) mass is 549 g/mol. The molecular formula is C29H38F3N3O4. The summed E-state index contributed by atoms with van der Waals surface area (Å²) in [6, 6.07) is 8.71. The van der Waals surface area contributed by atoms with E-state index in [0.717, 1.165) is 56.5 Å². The Balaban J connectivity index is 1.32. The largest absolute Gasteiger partial charge is 0.466 e. The van der Waals surface area contributed by atoms with E-state index in [1.54, 1.807) is 6.92 Å². The van der Waals surface area contributed by atoms with Crippen LogP contribution in [-0.2, 0) is 25.5 Å². The van der Waals surface area contributed by atoms with Crippen LogP contribution < -0.4 is 10.6 Å². The maximum atomic E-state index is 12.9. The summed E-state index contributed by atoms with van der Waals surface area (Å²) in [6.45, 7) is 4.88. The van der Waals surface area contributed by atoms with E-state index in [1.165, 1.54) is 18.6 Å². The number of carbonyl (C=O) groups is 3. The van der Waals surface area contributed by atoms with Crippen molar-refractivity contribution in [2.24, 2.45) is 0 Å². The number of nitrogens with one attached hydrogen (secondary N) is 2. The quantitative estimate of drug-likeness (QED) is 0.319. The van der Waals surface area contributed by atoms with Crippen molar-refractivity contribution < 1.29 is 32.3 Å². The lowest BCUT2D eigenvalue weighted by molar-refractivity contribution is -0.142. The van der Waals surface area contributed by atoms with Gasteiger partial charge in [-0.1, -0.05) is 42.5 Å². The van der Waals surface area contributed by atoms with E-state index in [1.807, 2.05) is 12.1 Å². The molecule has 7 nitrogen and oxygen atoms in total. The van der Waals surface area contributed by atoms with E-state index in [4.69, 9.17) is 4.74 Å². The van der Waals surface area contributed by atoms with E-state index in [9.17, 15) is 27.6 Å². The van der Waals surface area contributed by atoms with Gasteiger partial charge in [0, 0.05) is 25.6 Å². The second-order valence-corrected chi connectivity index (χ2v) is 10.1. The molecule has 2 amide bonds. The van der Waals surface area contributed by atoms with Crippen LogP contribution in [0.4, 0.5) is 13.2 Å². The van der Waals surface area contributed by atoms with Gasteiger partial charge < -0.3 is 15.4 Å². The Morgan fingerprint density at radius 2 is 1.72 bits per heavy atom. The number of amides is 2. The zero-order valence-corrected chi connectivity index (χ0v) is 22.6. The second kappa shape index (κ2) is 14.3. The molecule has 2 fully saturated rings. The predicted octanol–water partition coefficient (Wildman–Crippen LogP) is 4.19. The van der Waals surface area contributed by atoms with E-state index < -0.39 is 24.1 Å². The first-order chi connectivity index (χ1) is 18.6. The molecule has 1 aliphatic heterocycles. The molecule has 0 radical (unpaired) electrons. The fourth-order valence-electron chi connectivity index (χ4n) is 5.15. The Morgan fingerprint density at radius 3 is 2.31 bits per heavy atom. The Hall–Kier alpha value is -3.14. The number of hydrogen-bond acceptors (Lipinski definition) is 5. The average molecular weight is 550 g/mol. The molecular weight excluding hydrogens is 511 g/mol. The first kappa shape index (κ1) is 30.4. The molecule has 1 saturated carbocycles. The standard InChI is InChI=1S/C29H38F3N3O4/c1-3-5-23(29(30,31)32)12-15-26(36)33-17-27(37)34-24-18-35(19-24)25-13-10-22(11-14-25)21-8-6-20(7-9-21)16-28(38)39-4-2/h3,5-9,12,22,24-25H,4,10-11,13-19H2,1-2H3,(H,33,36)(H,34,37). The van der Waals surface area contributed by atoms with E-state index >= 15 is 0 Å². The minimum absolute atomic E-state index is 0.00508. The number of rotatable bonds is 11. The van der Waals surface area contributed by atoms with Crippen molar-refractivity contribution in [3.63, 3.8) is 0 Å². The van der Waals surface area contributed by atoms with Gasteiger partial charge in [-0.05, 0) is 56.6 Å². The van der Waals surface area contributed by atoms with Crippen LogP contribution in [0.2, 0.25) is 0 Å². The van der Waals surface area contributed by atoms with E-state index in [2.05, 4.69) is 27.7 Å². The molecule has 214 valence electrons. The molecule has 39 heavy (non-hydrogen) atoms. The summed E-state index contributed by atoms with van der Waals surface area (Å²) < 4.78 is 43.6. The van der Waals surface area contributed by atoms with Gasteiger partial charge in [-0.3, -0.25) is 19.3 Å². The minimum Gasteiger partial charge on any atom is -0.466 e. The molecule has 3 rings (SSSR count). The molecule has 1 aliphatic carbocycles. The van der Waals surface area contributed by atoms with Gasteiger partial charge in [0.2, 0.25) is 11.8 Å². The number of esters is 1. The third-order valence-electron chi connectivity index (χ3n) is 7.22. The van der Waals surface area contributed by atoms with Crippen molar-refractivity contribution in [3.8, 4) is 0 Å². The Morgan fingerprint density at radius 1 is 1.05 bits per heavy atom. The molecule has 1 saturated heterocycles. The predicted molar refractivity (Wildman–Crippen MR) is 142 cm³/mol. The minimum atomic E-state index is -4.53. The van der Waals surface area contributed by atoms with Gasteiger partial charge in [0.15, 0.2) is 0 Å². The van der Waals surface area contributed by atoms with Gasteiger partial charge in [0.25, 0.3) is 0 Å². The molecule has 0 bridgehead atoms. The van der Waals surface area contributed by atoms with Crippen molar-refractivity contribution in [2.75, 3.05) is 26.2 Å². The average Bonchev–Trinajstić information content (AvgIpc) is 2.87.